The Morgan fingerprint density at radius 3 is 2.35 bits per heavy atom. The van der Waals surface area contributed by atoms with Crippen LogP contribution in [0.4, 0.5) is 0 Å². The van der Waals surface area contributed by atoms with Gasteiger partial charge in [0.2, 0.25) is 5.69 Å². The largest absolute Gasteiger partial charge is 0.220 e. The molecule has 5 rings (SSSR count). The number of fused-ring (bicyclic) bond motifs is 6. The first-order chi connectivity index (χ1) is 15.1. The van der Waals surface area contributed by atoms with Crippen molar-refractivity contribution in [2.75, 3.05) is 0 Å². The number of benzene rings is 3. The van der Waals surface area contributed by atoms with Gasteiger partial charge in [0.1, 0.15) is 0 Å². The molecule has 2 atom stereocenters. The van der Waals surface area contributed by atoms with Gasteiger partial charge >= 0.3 is 0 Å². The van der Waals surface area contributed by atoms with Crippen molar-refractivity contribution >= 4 is 21.5 Å². The smallest absolute Gasteiger partial charge is 0.194 e. The number of hydrogen-bond donors (Lipinski definition) is 0. The van der Waals surface area contributed by atoms with Crippen molar-refractivity contribution in [2.24, 2.45) is 0 Å². The second-order valence-corrected chi connectivity index (χ2v) is 9.49. The molecule has 0 bridgehead atoms. The third kappa shape index (κ3) is 3.01. The summed E-state index contributed by atoms with van der Waals surface area (Å²) in [6.45, 7) is 9.47. The third-order valence-electron chi connectivity index (χ3n) is 7.86. The summed E-state index contributed by atoms with van der Waals surface area (Å²) in [5, 5.41) is 5.52. The van der Waals surface area contributed by atoms with Gasteiger partial charge in [-0.25, -0.2) is 0 Å². The standard InChI is InChI=1S/C30H34N/c1-5-8-12-21-15-11-16-25-24(21)17-18-31-28(6-2)30(4,7-3)27-20-23-14-10-9-13-22(23)19-26(27)29(25)31/h9-11,13-20,28H,5-8,12H2,1-4H3/q+1. The first kappa shape index (κ1) is 20.2. The van der Waals surface area contributed by atoms with Crippen LogP contribution in [0.15, 0.2) is 66.9 Å². The summed E-state index contributed by atoms with van der Waals surface area (Å²) in [5.74, 6) is 0. The zero-order chi connectivity index (χ0) is 21.6. The summed E-state index contributed by atoms with van der Waals surface area (Å²) in [5.41, 5.74) is 5.97. The molecule has 1 heteroatoms. The van der Waals surface area contributed by atoms with Gasteiger partial charge in [0.25, 0.3) is 0 Å². The molecule has 0 saturated heterocycles. The summed E-state index contributed by atoms with van der Waals surface area (Å²) in [7, 11) is 0. The Morgan fingerprint density at radius 2 is 1.65 bits per heavy atom. The van der Waals surface area contributed by atoms with Crippen molar-refractivity contribution in [1.82, 2.24) is 0 Å². The minimum atomic E-state index is 0.124. The van der Waals surface area contributed by atoms with Crippen LogP contribution in [0.3, 0.4) is 0 Å². The summed E-state index contributed by atoms with van der Waals surface area (Å²) in [6, 6.07) is 23.6. The van der Waals surface area contributed by atoms with Crippen LogP contribution in [0, 0.1) is 0 Å². The molecule has 2 heterocycles. The molecule has 3 aromatic carbocycles. The lowest BCUT2D eigenvalue weighted by Gasteiger charge is -2.39. The molecule has 0 fully saturated rings. The van der Waals surface area contributed by atoms with E-state index in [9.17, 15) is 0 Å². The van der Waals surface area contributed by atoms with Crippen molar-refractivity contribution in [3.05, 3.63) is 78.0 Å². The molecule has 0 radical (unpaired) electrons. The highest BCUT2D eigenvalue weighted by molar-refractivity contribution is 5.99. The van der Waals surface area contributed by atoms with Crippen LogP contribution in [0.2, 0.25) is 0 Å². The van der Waals surface area contributed by atoms with Gasteiger partial charge in [-0.1, -0.05) is 63.6 Å². The van der Waals surface area contributed by atoms with Gasteiger partial charge in [0.05, 0.1) is 16.4 Å². The van der Waals surface area contributed by atoms with Gasteiger partial charge < -0.3 is 0 Å². The highest BCUT2D eigenvalue weighted by Gasteiger charge is 2.47. The predicted molar refractivity (Wildman–Crippen MR) is 133 cm³/mol. The number of nitrogens with zero attached hydrogens (tertiary/aromatic N) is 1. The van der Waals surface area contributed by atoms with Crippen molar-refractivity contribution in [2.45, 2.75) is 71.3 Å². The molecule has 0 N–H and O–H groups in total. The van der Waals surface area contributed by atoms with Crippen molar-refractivity contribution in [1.29, 1.82) is 0 Å². The zero-order valence-electron chi connectivity index (χ0n) is 19.4. The number of aromatic nitrogens is 1. The minimum Gasteiger partial charge on any atom is -0.194 e. The first-order valence-electron chi connectivity index (χ1n) is 12.1. The summed E-state index contributed by atoms with van der Waals surface area (Å²) in [4.78, 5) is 0. The molecule has 4 aromatic rings. The van der Waals surface area contributed by atoms with Crippen LogP contribution in [0.1, 0.15) is 70.5 Å². The van der Waals surface area contributed by atoms with E-state index in [0.29, 0.717) is 6.04 Å². The van der Waals surface area contributed by atoms with Crippen LogP contribution in [0.25, 0.3) is 32.8 Å². The molecule has 1 nitrogen and oxygen atoms in total. The molecule has 158 valence electrons. The van der Waals surface area contributed by atoms with E-state index in [4.69, 9.17) is 0 Å². The van der Waals surface area contributed by atoms with Gasteiger partial charge in [0.15, 0.2) is 12.2 Å². The van der Waals surface area contributed by atoms with Crippen LogP contribution in [-0.4, -0.2) is 0 Å². The Hall–Kier alpha value is -2.67. The van der Waals surface area contributed by atoms with E-state index in [2.05, 4.69) is 99.1 Å². The lowest BCUT2D eigenvalue weighted by molar-refractivity contribution is -0.723. The number of aryl methyl sites for hydroxylation is 1. The highest BCUT2D eigenvalue weighted by Crippen LogP contribution is 2.48. The van der Waals surface area contributed by atoms with Crippen molar-refractivity contribution in [3.8, 4) is 11.3 Å². The maximum atomic E-state index is 2.60. The lowest BCUT2D eigenvalue weighted by atomic mass is 9.67. The fourth-order valence-corrected chi connectivity index (χ4v) is 5.98. The van der Waals surface area contributed by atoms with Crippen molar-refractivity contribution in [3.63, 3.8) is 0 Å². The summed E-state index contributed by atoms with van der Waals surface area (Å²) >= 11 is 0. The van der Waals surface area contributed by atoms with E-state index in [0.717, 1.165) is 19.3 Å². The van der Waals surface area contributed by atoms with Gasteiger partial charge in [-0.2, -0.15) is 4.57 Å². The van der Waals surface area contributed by atoms with E-state index < -0.39 is 0 Å². The van der Waals surface area contributed by atoms with Crippen molar-refractivity contribution < 1.29 is 4.57 Å². The summed E-state index contributed by atoms with van der Waals surface area (Å²) in [6.07, 6.45) is 8.29. The molecule has 1 aromatic heterocycles. The molecule has 0 aliphatic carbocycles. The fraction of sp³-hybridized carbons (Fsp3) is 0.367. The monoisotopic (exact) mass is 408 g/mol. The molecule has 1 aliphatic rings. The number of pyridine rings is 1. The van der Waals surface area contributed by atoms with E-state index in [1.807, 2.05) is 0 Å². The number of rotatable bonds is 5. The molecular formula is C30H34N+. The Morgan fingerprint density at radius 1 is 0.871 bits per heavy atom. The fourth-order valence-electron chi connectivity index (χ4n) is 5.98. The van der Waals surface area contributed by atoms with Crippen LogP contribution in [0.5, 0.6) is 0 Å². The molecule has 0 amide bonds. The second kappa shape index (κ2) is 7.79. The Labute approximate surface area is 186 Å². The van der Waals surface area contributed by atoms with Gasteiger partial charge in [0, 0.05) is 12.5 Å². The lowest BCUT2D eigenvalue weighted by Crippen LogP contribution is -2.54. The molecule has 0 spiro atoms. The van der Waals surface area contributed by atoms with Gasteiger partial charge in [-0.15, -0.1) is 0 Å². The van der Waals surface area contributed by atoms with Crippen LogP contribution >= 0.6 is 0 Å². The van der Waals surface area contributed by atoms with E-state index in [1.54, 1.807) is 0 Å². The minimum absolute atomic E-state index is 0.124. The maximum Gasteiger partial charge on any atom is 0.220 e. The molecular weight excluding hydrogens is 374 g/mol. The van der Waals surface area contributed by atoms with E-state index in [1.165, 1.54) is 56.8 Å². The van der Waals surface area contributed by atoms with Gasteiger partial charge in [-0.3, -0.25) is 0 Å². The topological polar surface area (TPSA) is 3.88 Å². The molecule has 1 aliphatic heterocycles. The van der Waals surface area contributed by atoms with Crippen LogP contribution < -0.4 is 4.57 Å². The van der Waals surface area contributed by atoms with Gasteiger partial charge in [-0.05, 0) is 71.7 Å². The average molecular weight is 409 g/mol. The highest BCUT2D eigenvalue weighted by atomic mass is 15.0. The molecule has 31 heavy (non-hydrogen) atoms. The first-order valence-corrected chi connectivity index (χ1v) is 12.1. The Kier molecular flexibility index (Phi) is 5.08. The number of unbranched alkanes of at least 4 members (excludes halogenated alkanes) is 1. The molecule has 2 unspecified atom stereocenters. The predicted octanol–water partition coefficient (Wildman–Crippen LogP) is 7.92. The van der Waals surface area contributed by atoms with E-state index >= 15 is 0 Å². The Bertz CT molecular complexity index is 1270. The number of hydrogen-bond acceptors (Lipinski definition) is 0. The normalized spacial score (nSPS) is 20.1. The SMILES string of the molecule is CCCCc1cccc2c3[n+](ccc12)C(CC)C(C)(CC)c1cc2ccccc2cc1-3. The summed E-state index contributed by atoms with van der Waals surface area (Å²) < 4.78 is 2.60. The maximum absolute atomic E-state index is 2.60. The quantitative estimate of drug-likeness (QED) is 0.295. The third-order valence-corrected chi connectivity index (χ3v) is 7.86. The van der Waals surface area contributed by atoms with Crippen LogP contribution in [-0.2, 0) is 11.8 Å². The van der Waals surface area contributed by atoms with E-state index in [-0.39, 0.29) is 5.41 Å². The Balaban J connectivity index is 1.88. The molecule has 0 saturated carbocycles. The average Bonchev–Trinajstić information content (AvgIpc) is 2.81. The second-order valence-electron chi connectivity index (χ2n) is 9.49. The zero-order valence-corrected chi connectivity index (χ0v) is 19.4.